The number of aromatic hydroxyl groups is 1. The fourth-order valence-electron chi connectivity index (χ4n) is 3.14. The highest BCUT2D eigenvalue weighted by atomic mass is 19.4. The van der Waals surface area contributed by atoms with Crippen molar-refractivity contribution in [2.45, 2.75) is 26.2 Å². The van der Waals surface area contributed by atoms with Gasteiger partial charge in [0.05, 0.1) is 12.1 Å². The van der Waals surface area contributed by atoms with Crippen LogP contribution in [0.2, 0.25) is 0 Å². The van der Waals surface area contributed by atoms with E-state index in [1.807, 2.05) is 0 Å². The molecule has 1 aromatic carbocycles. The van der Waals surface area contributed by atoms with E-state index in [0.29, 0.717) is 31.9 Å². The van der Waals surface area contributed by atoms with Crippen LogP contribution in [0.4, 0.5) is 13.2 Å². The minimum atomic E-state index is -4.32. The third-order valence-electron chi connectivity index (χ3n) is 4.64. The lowest BCUT2D eigenvalue weighted by Crippen LogP contribution is -2.45. The number of alkyl halides is 3. The van der Waals surface area contributed by atoms with Gasteiger partial charge >= 0.3 is 6.18 Å². The Kier molecular flexibility index (Phi) is 5.57. The largest absolute Gasteiger partial charge is 0.502 e. The zero-order valence-electron chi connectivity index (χ0n) is 14.9. The van der Waals surface area contributed by atoms with E-state index in [0.717, 1.165) is 30.8 Å². The quantitative estimate of drug-likeness (QED) is 0.881. The molecule has 1 N–H and O–H groups in total. The molecule has 1 saturated heterocycles. The van der Waals surface area contributed by atoms with Crippen molar-refractivity contribution in [1.29, 1.82) is 0 Å². The van der Waals surface area contributed by atoms with Gasteiger partial charge in [-0.05, 0) is 24.6 Å². The first-order chi connectivity index (χ1) is 12.7. The lowest BCUT2D eigenvalue weighted by atomic mass is 10.1. The number of rotatable bonds is 4. The SMILES string of the molecule is Cc1cc(=O)c(O)c(CN2CCN(Cc3ccc(C(F)(F)F)cc3)CC2)o1. The number of hydrogen-bond acceptors (Lipinski definition) is 5. The second-order valence-electron chi connectivity index (χ2n) is 6.74. The predicted molar refractivity (Wildman–Crippen MR) is 93.4 cm³/mol. The highest BCUT2D eigenvalue weighted by Crippen LogP contribution is 2.29. The third-order valence-corrected chi connectivity index (χ3v) is 4.64. The van der Waals surface area contributed by atoms with Gasteiger partial charge in [-0.2, -0.15) is 13.2 Å². The first-order valence-electron chi connectivity index (χ1n) is 8.66. The maximum Gasteiger partial charge on any atom is 0.416 e. The Bertz CT molecular complexity index is 839. The molecule has 2 heterocycles. The van der Waals surface area contributed by atoms with Crippen LogP contribution in [0.5, 0.6) is 5.75 Å². The number of halogens is 3. The summed E-state index contributed by atoms with van der Waals surface area (Å²) in [4.78, 5) is 15.9. The zero-order chi connectivity index (χ0) is 19.6. The van der Waals surface area contributed by atoms with E-state index in [-0.39, 0.29) is 11.5 Å². The molecule has 1 fully saturated rings. The summed E-state index contributed by atoms with van der Waals surface area (Å²) in [6.45, 7) is 5.46. The summed E-state index contributed by atoms with van der Waals surface area (Å²) in [6.07, 6.45) is -4.32. The standard InChI is InChI=1S/C19H21F3N2O3/c1-13-10-16(25)18(26)17(27-13)12-24-8-6-23(7-9-24)11-14-2-4-15(5-3-14)19(20,21)22/h2-5,10,26H,6-9,11-12H2,1H3. The van der Waals surface area contributed by atoms with E-state index in [9.17, 15) is 23.1 Å². The summed E-state index contributed by atoms with van der Waals surface area (Å²) in [5.74, 6) is 0.359. The molecule has 0 unspecified atom stereocenters. The molecule has 0 bridgehead atoms. The molecule has 0 amide bonds. The van der Waals surface area contributed by atoms with E-state index in [2.05, 4.69) is 9.80 Å². The smallest absolute Gasteiger partial charge is 0.416 e. The van der Waals surface area contributed by atoms with Crippen molar-refractivity contribution in [3.05, 3.63) is 63.2 Å². The summed E-state index contributed by atoms with van der Waals surface area (Å²) in [5, 5.41) is 9.86. The second kappa shape index (κ2) is 7.74. The van der Waals surface area contributed by atoms with Crippen molar-refractivity contribution in [2.24, 2.45) is 0 Å². The van der Waals surface area contributed by atoms with Gasteiger partial charge in [-0.3, -0.25) is 14.6 Å². The number of aryl methyl sites for hydroxylation is 1. The van der Waals surface area contributed by atoms with Gasteiger partial charge in [-0.25, -0.2) is 0 Å². The summed E-state index contributed by atoms with van der Waals surface area (Å²) < 4.78 is 43.3. The van der Waals surface area contributed by atoms with Gasteiger partial charge in [-0.15, -0.1) is 0 Å². The normalized spacial score (nSPS) is 16.6. The molecule has 27 heavy (non-hydrogen) atoms. The molecular weight excluding hydrogens is 361 g/mol. The van der Waals surface area contributed by atoms with Crippen LogP contribution in [0.15, 0.2) is 39.5 Å². The molecule has 1 aliphatic heterocycles. The van der Waals surface area contributed by atoms with Crippen LogP contribution in [0.3, 0.4) is 0 Å². The Morgan fingerprint density at radius 1 is 1.04 bits per heavy atom. The molecule has 0 saturated carbocycles. The van der Waals surface area contributed by atoms with E-state index in [1.54, 1.807) is 6.92 Å². The number of nitrogens with zero attached hydrogens (tertiary/aromatic N) is 2. The van der Waals surface area contributed by atoms with Gasteiger partial charge in [-0.1, -0.05) is 12.1 Å². The molecule has 2 aromatic rings. The van der Waals surface area contributed by atoms with Crippen molar-refractivity contribution in [3.63, 3.8) is 0 Å². The van der Waals surface area contributed by atoms with Crippen LogP contribution in [0.25, 0.3) is 0 Å². The Balaban J connectivity index is 1.54. The first kappa shape index (κ1) is 19.4. The topological polar surface area (TPSA) is 56.9 Å². The molecule has 0 aliphatic carbocycles. The summed E-state index contributed by atoms with van der Waals surface area (Å²) in [5.41, 5.74) is -0.260. The predicted octanol–water partition coefficient (Wildman–Crippen LogP) is 2.99. The van der Waals surface area contributed by atoms with E-state index >= 15 is 0 Å². The first-order valence-corrected chi connectivity index (χ1v) is 8.66. The fraction of sp³-hybridized carbons (Fsp3) is 0.421. The molecule has 8 heteroatoms. The number of piperazine rings is 1. The van der Waals surface area contributed by atoms with Gasteiger partial charge in [0, 0.05) is 38.8 Å². The summed E-state index contributed by atoms with van der Waals surface area (Å²) in [6, 6.07) is 6.48. The van der Waals surface area contributed by atoms with Gasteiger partial charge < -0.3 is 9.52 Å². The minimum Gasteiger partial charge on any atom is -0.502 e. The number of benzene rings is 1. The van der Waals surface area contributed by atoms with Crippen LogP contribution in [-0.2, 0) is 19.3 Å². The Morgan fingerprint density at radius 3 is 2.15 bits per heavy atom. The van der Waals surface area contributed by atoms with Crippen LogP contribution in [0, 0.1) is 6.92 Å². The lowest BCUT2D eigenvalue weighted by Gasteiger charge is -2.34. The molecule has 0 spiro atoms. The van der Waals surface area contributed by atoms with Crippen LogP contribution in [0.1, 0.15) is 22.6 Å². The van der Waals surface area contributed by atoms with E-state index in [1.165, 1.54) is 18.2 Å². The Labute approximate surface area is 154 Å². The third kappa shape index (κ3) is 4.90. The fourth-order valence-corrected chi connectivity index (χ4v) is 3.14. The monoisotopic (exact) mass is 382 g/mol. The Morgan fingerprint density at radius 2 is 1.59 bits per heavy atom. The van der Waals surface area contributed by atoms with E-state index in [4.69, 9.17) is 4.42 Å². The van der Waals surface area contributed by atoms with Crippen LogP contribution >= 0.6 is 0 Å². The maximum atomic E-state index is 12.6. The molecule has 3 rings (SSSR count). The van der Waals surface area contributed by atoms with Crippen molar-refractivity contribution in [3.8, 4) is 5.75 Å². The van der Waals surface area contributed by atoms with Gasteiger partial charge in [0.15, 0.2) is 5.76 Å². The summed E-state index contributed by atoms with van der Waals surface area (Å²) in [7, 11) is 0. The zero-order valence-corrected chi connectivity index (χ0v) is 14.9. The minimum absolute atomic E-state index is 0.260. The Hall–Kier alpha value is -2.32. The molecular formula is C19H21F3N2O3. The van der Waals surface area contributed by atoms with Crippen molar-refractivity contribution < 1.29 is 22.7 Å². The average Bonchev–Trinajstić information content (AvgIpc) is 2.60. The van der Waals surface area contributed by atoms with Crippen molar-refractivity contribution in [2.75, 3.05) is 26.2 Å². The maximum absolute atomic E-state index is 12.6. The molecule has 5 nitrogen and oxygen atoms in total. The van der Waals surface area contributed by atoms with Crippen molar-refractivity contribution in [1.82, 2.24) is 9.80 Å². The average molecular weight is 382 g/mol. The number of hydrogen-bond donors (Lipinski definition) is 1. The van der Waals surface area contributed by atoms with E-state index < -0.39 is 17.2 Å². The van der Waals surface area contributed by atoms with Crippen LogP contribution in [-0.4, -0.2) is 41.1 Å². The van der Waals surface area contributed by atoms with Gasteiger partial charge in [0.1, 0.15) is 5.76 Å². The summed E-state index contributed by atoms with van der Waals surface area (Å²) >= 11 is 0. The molecule has 146 valence electrons. The van der Waals surface area contributed by atoms with Crippen molar-refractivity contribution >= 4 is 0 Å². The molecule has 0 atom stereocenters. The van der Waals surface area contributed by atoms with Gasteiger partial charge in [0.2, 0.25) is 11.2 Å². The lowest BCUT2D eigenvalue weighted by molar-refractivity contribution is -0.137. The highest BCUT2D eigenvalue weighted by molar-refractivity contribution is 5.25. The van der Waals surface area contributed by atoms with Gasteiger partial charge in [0.25, 0.3) is 0 Å². The molecule has 1 aromatic heterocycles. The second-order valence-corrected chi connectivity index (χ2v) is 6.74. The van der Waals surface area contributed by atoms with Crippen LogP contribution < -0.4 is 5.43 Å². The molecule has 0 radical (unpaired) electrons. The highest BCUT2D eigenvalue weighted by Gasteiger charge is 2.30. The molecule has 1 aliphatic rings.